The SMILES string of the molecule is CCc1cc(OCC(=O)Nc2ccc(C)c(C)c2)nc2c1c(C)nn2-c1ccc(C)cc1. The fraction of sp³-hybridized carbons (Fsp3) is 0.269. The molecule has 32 heavy (non-hydrogen) atoms. The van der Waals surface area contributed by atoms with Crippen molar-refractivity contribution in [2.45, 2.75) is 41.0 Å². The summed E-state index contributed by atoms with van der Waals surface area (Å²) in [6, 6.07) is 15.9. The summed E-state index contributed by atoms with van der Waals surface area (Å²) in [6.07, 6.45) is 0.810. The van der Waals surface area contributed by atoms with Gasteiger partial charge in [-0.1, -0.05) is 30.7 Å². The minimum Gasteiger partial charge on any atom is -0.467 e. The Morgan fingerprint density at radius 1 is 1.00 bits per heavy atom. The Bertz CT molecular complexity index is 1290. The quantitative estimate of drug-likeness (QED) is 0.456. The number of carbonyl (C=O) groups is 1. The number of aryl methyl sites for hydroxylation is 5. The topological polar surface area (TPSA) is 69.0 Å². The lowest BCUT2D eigenvalue weighted by Gasteiger charge is -2.11. The van der Waals surface area contributed by atoms with Crippen molar-refractivity contribution in [3.8, 4) is 11.6 Å². The molecule has 4 rings (SSSR count). The van der Waals surface area contributed by atoms with Gasteiger partial charge in [0.1, 0.15) is 0 Å². The van der Waals surface area contributed by atoms with E-state index in [-0.39, 0.29) is 12.5 Å². The molecular weight excluding hydrogens is 400 g/mol. The molecule has 6 nitrogen and oxygen atoms in total. The van der Waals surface area contributed by atoms with Crippen LogP contribution in [0.2, 0.25) is 0 Å². The van der Waals surface area contributed by atoms with Gasteiger partial charge >= 0.3 is 0 Å². The largest absolute Gasteiger partial charge is 0.467 e. The Labute approximate surface area is 188 Å². The third-order valence-electron chi connectivity index (χ3n) is 5.67. The third kappa shape index (κ3) is 4.35. The van der Waals surface area contributed by atoms with E-state index in [2.05, 4.69) is 31.3 Å². The number of amides is 1. The number of anilines is 1. The van der Waals surface area contributed by atoms with Gasteiger partial charge in [-0.15, -0.1) is 0 Å². The Hall–Kier alpha value is -3.67. The number of carbonyl (C=O) groups excluding carboxylic acids is 1. The lowest BCUT2D eigenvalue weighted by molar-refractivity contribution is -0.118. The van der Waals surface area contributed by atoms with Gasteiger partial charge < -0.3 is 10.1 Å². The second kappa shape index (κ2) is 8.83. The van der Waals surface area contributed by atoms with E-state index in [1.54, 1.807) is 0 Å². The third-order valence-corrected chi connectivity index (χ3v) is 5.67. The minimum absolute atomic E-state index is 0.119. The zero-order chi connectivity index (χ0) is 22.8. The van der Waals surface area contributed by atoms with E-state index in [1.165, 1.54) is 11.1 Å². The highest BCUT2D eigenvalue weighted by Gasteiger charge is 2.16. The lowest BCUT2D eigenvalue weighted by Crippen LogP contribution is -2.20. The number of hydrogen-bond donors (Lipinski definition) is 1. The van der Waals surface area contributed by atoms with Gasteiger partial charge in [0.05, 0.1) is 11.4 Å². The molecule has 6 heteroatoms. The van der Waals surface area contributed by atoms with Crippen molar-refractivity contribution < 1.29 is 9.53 Å². The molecule has 0 spiro atoms. The molecule has 0 saturated heterocycles. The van der Waals surface area contributed by atoms with Crippen LogP contribution in [-0.4, -0.2) is 27.3 Å². The predicted octanol–water partition coefficient (Wildman–Crippen LogP) is 5.23. The predicted molar refractivity (Wildman–Crippen MR) is 128 cm³/mol. The van der Waals surface area contributed by atoms with Crippen LogP contribution in [0.15, 0.2) is 48.5 Å². The van der Waals surface area contributed by atoms with Gasteiger partial charge in [-0.3, -0.25) is 4.79 Å². The average molecular weight is 429 g/mol. The molecule has 2 aromatic carbocycles. The zero-order valence-electron chi connectivity index (χ0n) is 19.2. The molecule has 0 aliphatic heterocycles. The van der Waals surface area contributed by atoms with Crippen LogP contribution in [0, 0.1) is 27.7 Å². The number of ether oxygens (including phenoxy) is 1. The summed E-state index contributed by atoms with van der Waals surface area (Å²) in [5.41, 5.74) is 7.94. The van der Waals surface area contributed by atoms with Crippen molar-refractivity contribution in [2.24, 2.45) is 0 Å². The fourth-order valence-electron chi connectivity index (χ4n) is 3.73. The summed E-state index contributed by atoms with van der Waals surface area (Å²) in [5.74, 6) is 0.189. The van der Waals surface area contributed by atoms with Crippen molar-refractivity contribution in [3.63, 3.8) is 0 Å². The van der Waals surface area contributed by atoms with Crippen LogP contribution in [0.25, 0.3) is 16.7 Å². The summed E-state index contributed by atoms with van der Waals surface area (Å²) in [5, 5.41) is 8.64. The number of nitrogens with one attached hydrogen (secondary N) is 1. The van der Waals surface area contributed by atoms with Crippen LogP contribution in [-0.2, 0) is 11.2 Å². The van der Waals surface area contributed by atoms with Crippen molar-refractivity contribution in [3.05, 3.63) is 76.5 Å². The van der Waals surface area contributed by atoms with E-state index < -0.39 is 0 Å². The van der Waals surface area contributed by atoms with Crippen LogP contribution in [0.1, 0.15) is 34.9 Å². The van der Waals surface area contributed by atoms with Crippen molar-refractivity contribution >= 4 is 22.6 Å². The molecular formula is C26H28N4O2. The Balaban J connectivity index is 1.60. The molecule has 4 aromatic rings. The summed E-state index contributed by atoms with van der Waals surface area (Å²) >= 11 is 0. The van der Waals surface area contributed by atoms with Gasteiger partial charge in [0.25, 0.3) is 5.91 Å². The van der Waals surface area contributed by atoms with Gasteiger partial charge in [-0.05, 0) is 75.1 Å². The zero-order valence-corrected chi connectivity index (χ0v) is 19.2. The number of fused-ring (bicyclic) bond motifs is 1. The van der Waals surface area contributed by atoms with Crippen LogP contribution in [0.3, 0.4) is 0 Å². The number of rotatable bonds is 6. The van der Waals surface area contributed by atoms with Crippen molar-refractivity contribution in [1.29, 1.82) is 0 Å². The second-order valence-electron chi connectivity index (χ2n) is 8.14. The first-order valence-corrected chi connectivity index (χ1v) is 10.8. The fourth-order valence-corrected chi connectivity index (χ4v) is 3.73. The van der Waals surface area contributed by atoms with E-state index in [9.17, 15) is 4.79 Å². The first-order chi connectivity index (χ1) is 15.4. The smallest absolute Gasteiger partial charge is 0.262 e. The molecule has 0 radical (unpaired) electrons. The molecule has 164 valence electrons. The van der Waals surface area contributed by atoms with Crippen LogP contribution < -0.4 is 10.1 Å². The van der Waals surface area contributed by atoms with E-state index in [1.807, 2.05) is 61.9 Å². The van der Waals surface area contributed by atoms with Crippen LogP contribution in [0.4, 0.5) is 5.69 Å². The normalized spacial score (nSPS) is 11.0. The van der Waals surface area contributed by atoms with Gasteiger partial charge in [0.2, 0.25) is 5.88 Å². The molecule has 0 aliphatic carbocycles. The maximum atomic E-state index is 12.4. The van der Waals surface area contributed by atoms with Gasteiger partial charge in [0, 0.05) is 17.1 Å². The average Bonchev–Trinajstić information content (AvgIpc) is 3.11. The van der Waals surface area contributed by atoms with Gasteiger partial charge in [0.15, 0.2) is 12.3 Å². The Kier molecular flexibility index (Phi) is 5.95. The molecule has 0 unspecified atom stereocenters. The number of aromatic nitrogens is 3. The van der Waals surface area contributed by atoms with Crippen LogP contribution in [0.5, 0.6) is 5.88 Å². The Morgan fingerprint density at radius 3 is 2.44 bits per heavy atom. The highest BCUT2D eigenvalue weighted by Crippen LogP contribution is 2.28. The maximum Gasteiger partial charge on any atom is 0.262 e. The second-order valence-corrected chi connectivity index (χ2v) is 8.14. The molecule has 2 aromatic heterocycles. The lowest BCUT2D eigenvalue weighted by atomic mass is 10.1. The van der Waals surface area contributed by atoms with E-state index in [0.29, 0.717) is 5.88 Å². The molecule has 0 aliphatic rings. The maximum absolute atomic E-state index is 12.4. The molecule has 2 heterocycles. The monoisotopic (exact) mass is 428 g/mol. The van der Waals surface area contributed by atoms with E-state index in [4.69, 9.17) is 14.8 Å². The molecule has 0 saturated carbocycles. The highest BCUT2D eigenvalue weighted by atomic mass is 16.5. The standard InChI is InChI=1S/C26H28N4O2/c1-6-20-14-24(32-15-23(31)27-21-10-9-17(3)18(4)13-21)28-26-25(20)19(5)29-30(26)22-11-7-16(2)8-12-22/h7-14H,6,15H2,1-5H3,(H,27,31). The molecule has 0 bridgehead atoms. The minimum atomic E-state index is -0.226. The summed E-state index contributed by atoms with van der Waals surface area (Å²) in [6.45, 7) is 10.1. The molecule has 1 amide bonds. The molecule has 0 atom stereocenters. The van der Waals surface area contributed by atoms with Gasteiger partial charge in [-0.25, -0.2) is 4.68 Å². The van der Waals surface area contributed by atoms with E-state index in [0.717, 1.165) is 45.6 Å². The molecule has 0 fully saturated rings. The Morgan fingerprint density at radius 2 is 1.75 bits per heavy atom. The summed E-state index contributed by atoms with van der Waals surface area (Å²) < 4.78 is 7.64. The highest BCUT2D eigenvalue weighted by molar-refractivity contribution is 5.92. The summed E-state index contributed by atoms with van der Waals surface area (Å²) in [4.78, 5) is 17.1. The van der Waals surface area contributed by atoms with Crippen LogP contribution >= 0.6 is 0 Å². The first kappa shape index (κ1) is 21.6. The van der Waals surface area contributed by atoms with E-state index >= 15 is 0 Å². The number of hydrogen-bond acceptors (Lipinski definition) is 4. The van der Waals surface area contributed by atoms with Crippen molar-refractivity contribution in [1.82, 2.24) is 14.8 Å². The van der Waals surface area contributed by atoms with Gasteiger partial charge in [-0.2, -0.15) is 10.1 Å². The molecule has 1 N–H and O–H groups in total. The first-order valence-electron chi connectivity index (χ1n) is 10.8. The number of pyridine rings is 1. The number of nitrogens with zero attached hydrogens (tertiary/aromatic N) is 3. The van der Waals surface area contributed by atoms with Crippen molar-refractivity contribution in [2.75, 3.05) is 11.9 Å². The number of benzene rings is 2. The summed E-state index contributed by atoms with van der Waals surface area (Å²) in [7, 11) is 0.